The smallest absolute Gasteiger partial charge is 0.104 e. The average molecular weight is 231 g/mol. The number of nitrogens with zero attached hydrogens (tertiary/aromatic N) is 3. The number of rotatable bonds is 11. The molecule has 0 aromatic carbocycles. The average Bonchev–Trinajstić information content (AvgIpc) is 3.10. The highest BCUT2D eigenvalue weighted by Gasteiger charge is 2.21. The Morgan fingerprint density at radius 2 is 1.75 bits per heavy atom. The van der Waals surface area contributed by atoms with Gasteiger partial charge >= 0.3 is 0 Å². The van der Waals surface area contributed by atoms with Crippen LogP contribution in [0.15, 0.2) is 5.11 Å². The van der Waals surface area contributed by atoms with Gasteiger partial charge in [-0.2, -0.15) is 0 Å². The second kappa shape index (κ2) is 9.38. The lowest BCUT2D eigenvalue weighted by Gasteiger charge is -2.05. The molecule has 92 valence electrons. The maximum absolute atomic E-state index is 7.99. The van der Waals surface area contributed by atoms with Crippen LogP contribution in [-0.4, -0.2) is 58.9 Å². The van der Waals surface area contributed by atoms with E-state index in [0.717, 1.165) is 6.61 Å². The molecule has 0 spiro atoms. The molecule has 0 unspecified atom stereocenters. The van der Waals surface area contributed by atoms with E-state index in [1.54, 1.807) is 0 Å². The Balaban J connectivity index is 1.65. The van der Waals surface area contributed by atoms with Crippen LogP contribution in [0, 0.1) is 0 Å². The van der Waals surface area contributed by atoms with Crippen molar-refractivity contribution in [2.24, 2.45) is 5.11 Å². The summed E-state index contributed by atoms with van der Waals surface area (Å²) in [5, 5.41) is 3.34. The number of azide groups is 1. The Kier molecular flexibility index (Phi) is 7.75. The van der Waals surface area contributed by atoms with E-state index in [4.69, 9.17) is 24.5 Å². The molecule has 1 fully saturated rings. The summed E-state index contributed by atoms with van der Waals surface area (Å²) in [6.07, 6.45) is 0.309. The molecule has 0 amide bonds. The minimum absolute atomic E-state index is 0.309. The summed E-state index contributed by atoms with van der Waals surface area (Å²) in [6, 6.07) is 0. The molecule has 0 radical (unpaired) electrons. The van der Waals surface area contributed by atoms with E-state index in [-0.39, 0.29) is 0 Å². The van der Waals surface area contributed by atoms with Crippen LogP contribution in [0.2, 0.25) is 0 Å². The van der Waals surface area contributed by atoms with Crippen LogP contribution in [0.1, 0.15) is 0 Å². The molecule has 0 aromatic rings. The highest BCUT2D eigenvalue weighted by Crippen LogP contribution is 2.07. The number of hydrogen-bond donors (Lipinski definition) is 0. The van der Waals surface area contributed by atoms with Gasteiger partial charge in [-0.25, -0.2) is 0 Å². The Bertz CT molecular complexity index is 217. The summed E-state index contributed by atoms with van der Waals surface area (Å²) >= 11 is 0. The van der Waals surface area contributed by atoms with Gasteiger partial charge < -0.3 is 18.9 Å². The first-order valence-electron chi connectivity index (χ1n) is 5.29. The van der Waals surface area contributed by atoms with Crippen LogP contribution in [0.4, 0.5) is 0 Å². The summed E-state index contributed by atoms with van der Waals surface area (Å²) in [5.41, 5.74) is 7.99. The van der Waals surface area contributed by atoms with Crippen molar-refractivity contribution in [1.82, 2.24) is 0 Å². The van der Waals surface area contributed by atoms with E-state index >= 15 is 0 Å². The molecule has 0 saturated carbocycles. The molecule has 0 N–H and O–H groups in total. The van der Waals surface area contributed by atoms with Crippen LogP contribution in [0.5, 0.6) is 0 Å². The Labute approximate surface area is 94.2 Å². The van der Waals surface area contributed by atoms with E-state index < -0.39 is 0 Å². The van der Waals surface area contributed by atoms with Gasteiger partial charge in [0.25, 0.3) is 0 Å². The van der Waals surface area contributed by atoms with Gasteiger partial charge in [0.05, 0.1) is 46.2 Å². The van der Waals surface area contributed by atoms with Gasteiger partial charge in [0, 0.05) is 11.5 Å². The molecule has 1 atom stereocenters. The first-order valence-corrected chi connectivity index (χ1v) is 5.29. The topological polar surface area (TPSA) is 89.0 Å². The zero-order chi connectivity index (χ0) is 11.5. The summed E-state index contributed by atoms with van der Waals surface area (Å²) < 4.78 is 20.6. The number of ether oxygens (including phenoxy) is 4. The Morgan fingerprint density at radius 3 is 2.38 bits per heavy atom. The lowest BCUT2D eigenvalue weighted by atomic mass is 10.5. The minimum Gasteiger partial charge on any atom is -0.379 e. The molecule has 1 rings (SSSR count). The van der Waals surface area contributed by atoms with Crippen LogP contribution < -0.4 is 0 Å². The molecule has 1 saturated heterocycles. The van der Waals surface area contributed by atoms with Crippen molar-refractivity contribution < 1.29 is 18.9 Å². The van der Waals surface area contributed by atoms with E-state index in [1.807, 2.05) is 0 Å². The van der Waals surface area contributed by atoms with Crippen molar-refractivity contribution in [3.63, 3.8) is 0 Å². The van der Waals surface area contributed by atoms with Gasteiger partial charge in [-0.05, 0) is 5.53 Å². The van der Waals surface area contributed by atoms with Gasteiger partial charge in [-0.3, -0.25) is 0 Å². The van der Waals surface area contributed by atoms with E-state index in [1.165, 1.54) is 0 Å². The highest BCUT2D eigenvalue weighted by molar-refractivity contribution is 4.66. The zero-order valence-electron chi connectivity index (χ0n) is 9.21. The molecule has 7 nitrogen and oxygen atoms in total. The molecule has 1 aliphatic heterocycles. The summed E-state index contributed by atoms with van der Waals surface area (Å²) in [6.45, 7) is 4.45. The molecule has 1 heterocycles. The molecule has 16 heavy (non-hydrogen) atoms. The summed E-state index contributed by atoms with van der Waals surface area (Å²) in [4.78, 5) is 2.61. The van der Waals surface area contributed by atoms with Gasteiger partial charge in [-0.1, -0.05) is 5.11 Å². The fraction of sp³-hybridized carbons (Fsp3) is 1.00. The predicted octanol–water partition coefficient (Wildman–Crippen LogP) is 0.745. The standard InChI is InChI=1S/C9H17N3O4/c10-12-11-1-2-13-3-4-14-5-6-15-7-9-8-16-9/h9H,1-8H2/t9-/m0/s1. The van der Waals surface area contributed by atoms with E-state index in [0.29, 0.717) is 52.3 Å². The molecule has 1 aliphatic rings. The van der Waals surface area contributed by atoms with Crippen molar-refractivity contribution >= 4 is 0 Å². The third-order valence-corrected chi connectivity index (χ3v) is 1.85. The summed E-state index contributed by atoms with van der Waals surface area (Å²) in [5.74, 6) is 0. The predicted molar refractivity (Wildman–Crippen MR) is 56.2 cm³/mol. The Morgan fingerprint density at radius 1 is 1.12 bits per heavy atom. The normalized spacial score (nSPS) is 18.1. The van der Waals surface area contributed by atoms with Crippen molar-refractivity contribution in [3.8, 4) is 0 Å². The second-order valence-corrected chi connectivity index (χ2v) is 3.21. The molecule has 0 aliphatic carbocycles. The number of hydrogen-bond acceptors (Lipinski definition) is 5. The highest BCUT2D eigenvalue weighted by atomic mass is 16.6. The van der Waals surface area contributed by atoms with Crippen molar-refractivity contribution in [2.75, 3.05) is 52.8 Å². The SMILES string of the molecule is [N-]=[N+]=NCCOCCOCCOC[C@H]1CO1. The molecular weight excluding hydrogens is 214 g/mol. The molecule has 7 heteroatoms. The van der Waals surface area contributed by atoms with Crippen LogP contribution in [0.25, 0.3) is 10.4 Å². The van der Waals surface area contributed by atoms with E-state index in [2.05, 4.69) is 10.0 Å². The third kappa shape index (κ3) is 8.46. The summed E-state index contributed by atoms with van der Waals surface area (Å²) in [7, 11) is 0. The molecule has 0 bridgehead atoms. The number of epoxide rings is 1. The maximum Gasteiger partial charge on any atom is 0.104 e. The van der Waals surface area contributed by atoms with Crippen molar-refractivity contribution in [3.05, 3.63) is 10.4 Å². The van der Waals surface area contributed by atoms with Crippen LogP contribution in [-0.2, 0) is 18.9 Å². The fourth-order valence-corrected chi connectivity index (χ4v) is 0.969. The van der Waals surface area contributed by atoms with Crippen molar-refractivity contribution in [2.45, 2.75) is 6.10 Å². The quantitative estimate of drug-likeness (QED) is 0.172. The third-order valence-electron chi connectivity index (χ3n) is 1.85. The van der Waals surface area contributed by atoms with Crippen LogP contribution in [0.3, 0.4) is 0 Å². The van der Waals surface area contributed by atoms with Crippen LogP contribution >= 0.6 is 0 Å². The van der Waals surface area contributed by atoms with Crippen molar-refractivity contribution in [1.29, 1.82) is 0 Å². The largest absolute Gasteiger partial charge is 0.379 e. The first-order chi connectivity index (χ1) is 7.93. The van der Waals surface area contributed by atoms with Gasteiger partial charge in [0.15, 0.2) is 0 Å². The second-order valence-electron chi connectivity index (χ2n) is 3.21. The maximum atomic E-state index is 7.99. The van der Waals surface area contributed by atoms with E-state index in [9.17, 15) is 0 Å². The zero-order valence-corrected chi connectivity index (χ0v) is 9.21. The molecular formula is C9H17N3O4. The Hall–Kier alpha value is -0.850. The van der Waals surface area contributed by atoms with Gasteiger partial charge in [-0.15, -0.1) is 0 Å². The first kappa shape index (κ1) is 13.2. The lowest BCUT2D eigenvalue weighted by Crippen LogP contribution is -2.12. The fourth-order valence-electron chi connectivity index (χ4n) is 0.969. The lowest BCUT2D eigenvalue weighted by molar-refractivity contribution is 0.0132. The monoisotopic (exact) mass is 231 g/mol. The molecule has 0 aromatic heterocycles. The minimum atomic E-state index is 0.309. The van der Waals surface area contributed by atoms with Gasteiger partial charge in [0.1, 0.15) is 6.10 Å². The van der Waals surface area contributed by atoms with Gasteiger partial charge in [0.2, 0.25) is 0 Å².